The summed E-state index contributed by atoms with van der Waals surface area (Å²) >= 11 is 0. The van der Waals surface area contributed by atoms with Gasteiger partial charge < -0.3 is 9.88 Å². The zero-order valence-electron chi connectivity index (χ0n) is 9.87. The van der Waals surface area contributed by atoms with E-state index in [0.29, 0.717) is 0 Å². The maximum absolute atomic E-state index is 9.16. The Morgan fingerprint density at radius 2 is 2.38 bits per heavy atom. The Balaban J connectivity index is 1.76. The third-order valence-electron chi connectivity index (χ3n) is 3.56. The molecule has 2 rings (SSSR count). The molecule has 0 amide bonds. The zero-order valence-corrected chi connectivity index (χ0v) is 9.87. The lowest BCUT2D eigenvalue weighted by molar-refractivity contribution is 0.139. The van der Waals surface area contributed by atoms with E-state index in [1.165, 1.54) is 12.0 Å². The highest BCUT2D eigenvalue weighted by molar-refractivity contribution is 5.09. The molecule has 1 aromatic heterocycles. The summed E-state index contributed by atoms with van der Waals surface area (Å²) in [6.07, 6.45) is 8.44. The Morgan fingerprint density at radius 3 is 2.88 bits per heavy atom. The second-order valence-electron chi connectivity index (χ2n) is 4.95. The van der Waals surface area contributed by atoms with Crippen LogP contribution in [0.5, 0.6) is 0 Å². The smallest absolute Gasteiger partial charge is 0.0703 e. The quantitative estimate of drug-likeness (QED) is 0.821. The number of likely N-dealkylation sites (N-methyl/N-ethyl adjacent to an activating group) is 1. The minimum absolute atomic E-state index is 0.0348. The van der Waals surface area contributed by atoms with Crippen molar-refractivity contribution in [3.05, 3.63) is 24.0 Å². The van der Waals surface area contributed by atoms with Crippen molar-refractivity contribution in [2.24, 2.45) is 5.41 Å². The standard InChI is InChI=1S/C13H19N3/c1-16(8-4-12-3-7-15-9-12)11-13(10-14)5-2-6-13/h3,7,9,15H,2,4-6,8,11H2,1H3. The van der Waals surface area contributed by atoms with Crippen molar-refractivity contribution in [3.63, 3.8) is 0 Å². The van der Waals surface area contributed by atoms with Gasteiger partial charge in [0, 0.05) is 25.5 Å². The lowest BCUT2D eigenvalue weighted by atomic mass is 9.69. The highest BCUT2D eigenvalue weighted by atomic mass is 15.1. The van der Waals surface area contributed by atoms with E-state index < -0.39 is 0 Å². The fraction of sp³-hybridized carbons (Fsp3) is 0.615. The van der Waals surface area contributed by atoms with Crippen molar-refractivity contribution < 1.29 is 0 Å². The summed E-state index contributed by atoms with van der Waals surface area (Å²) in [5, 5.41) is 9.16. The van der Waals surface area contributed by atoms with E-state index in [2.05, 4.69) is 29.1 Å². The number of hydrogen-bond acceptors (Lipinski definition) is 2. The Kier molecular flexibility index (Phi) is 3.31. The Labute approximate surface area is 97.1 Å². The van der Waals surface area contributed by atoms with Crippen molar-refractivity contribution in [2.75, 3.05) is 20.1 Å². The molecule has 0 aromatic carbocycles. The first-order valence-electron chi connectivity index (χ1n) is 5.96. The number of rotatable bonds is 5. The third kappa shape index (κ3) is 2.45. The predicted molar refractivity (Wildman–Crippen MR) is 63.9 cm³/mol. The van der Waals surface area contributed by atoms with E-state index in [4.69, 9.17) is 5.26 Å². The molecule has 1 aromatic rings. The first-order valence-corrected chi connectivity index (χ1v) is 5.96. The molecule has 86 valence electrons. The van der Waals surface area contributed by atoms with Gasteiger partial charge in [0.05, 0.1) is 11.5 Å². The molecule has 1 aliphatic rings. The van der Waals surface area contributed by atoms with Gasteiger partial charge in [-0.2, -0.15) is 5.26 Å². The average molecular weight is 217 g/mol. The van der Waals surface area contributed by atoms with E-state index >= 15 is 0 Å². The largest absolute Gasteiger partial charge is 0.367 e. The van der Waals surface area contributed by atoms with Crippen molar-refractivity contribution in [1.82, 2.24) is 9.88 Å². The van der Waals surface area contributed by atoms with Crippen LogP contribution in [0.15, 0.2) is 18.5 Å². The molecule has 1 aliphatic carbocycles. The van der Waals surface area contributed by atoms with Crippen LogP contribution in [-0.2, 0) is 6.42 Å². The van der Waals surface area contributed by atoms with Gasteiger partial charge in [-0.1, -0.05) is 6.42 Å². The van der Waals surface area contributed by atoms with Gasteiger partial charge >= 0.3 is 0 Å². The molecule has 1 fully saturated rings. The van der Waals surface area contributed by atoms with Gasteiger partial charge in [0.15, 0.2) is 0 Å². The van der Waals surface area contributed by atoms with Crippen LogP contribution in [0.4, 0.5) is 0 Å². The van der Waals surface area contributed by atoms with E-state index in [9.17, 15) is 0 Å². The fourth-order valence-electron chi connectivity index (χ4n) is 2.34. The molecule has 0 aliphatic heterocycles. The highest BCUT2D eigenvalue weighted by Crippen LogP contribution is 2.40. The predicted octanol–water partition coefficient (Wildman–Crippen LogP) is 2.18. The van der Waals surface area contributed by atoms with E-state index in [1.807, 2.05) is 12.4 Å². The molecule has 0 radical (unpaired) electrons. The number of aromatic amines is 1. The molecular weight excluding hydrogens is 198 g/mol. The van der Waals surface area contributed by atoms with E-state index in [1.54, 1.807) is 0 Å². The molecule has 0 saturated heterocycles. The first kappa shape index (κ1) is 11.2. The van der Waals surface area contributed by atoms with Crippen LogP contribution in [0, 0.1) is 16.7 Å². The lowest BCUT2D eigenvalue weighted by Crippen LogP contribution is -2.40. The van der Waals surface area contributed by atoms with Crippen molar-refractivity contribution >= 4 is 0 Å². The van der Waals surface area contributed by atoms with Gasteiger partial charge in [-0.3, -0.25) is 0 Å². The number of nitrogens with one attached hydrogen (secondary N) is 1. The number of hydrogen-bond donors (Lipinski definition) is 1. The maximum Gasteiger partial charge on any atom is 0.0703 e. The Morgan fingerprint density at radius 1 is 1.56 bits per heavy atom. The van der Waals surface area contributed by atoms with Crippen molar-refractivity contribution in [3.8, 4) is 6.07 Å². The third-order valence-corrected chi connectivity index (χ3v) is 3.56. The molecule has 0 unspecified atom stereocenters. The normalized spacial score (nSPS) is 18.1. The number of nitrogens with zero attached hydrogens (tertiary/aromatic N) is 2. The van der Waals surface area contributed by atoms with E-state index in [0.717, 1.165) is 32.4 Å². The average Bonchev–Trinajstić information content (AvgIpc) is 2.73. The van der Waals surface area contributed by atoms with Crippen molar-refractivity contribution in [1.29, 1.82) is 5.26 Å². The highest BCUT2D eigenvalue weighted by Gasteiger charge is 2.37. The molecule has 1 heterocycles. The topological polar surface area (TPSA) is 42.8 Å². The van der Waals surface area contributed by atoms with Gasteiger partial charge in [-0.15, -0.1) is 0 Å². The Hall–Kier alpha value is -1.27. The van der Waals surface area contributed by atoms with Crippen LogP contribution in [-0.4, -0.2) is 30.0 Å². The van der Waals surface area contributed by atoms with Crippen LogP contribution in [0.2, 0.25) is 0 Å². The van der Waals surface area contributed by atoms with Crippen LogP contribution < -0.4 is 0 Å². The monoisotopic (exact) mass is 217 g/mol. The fourth-order valence-corrected chi connectivity index (χ4v) is 2.34. The second-order valence-corrected chi connectivity index (χ2v) is 4.95. The van der Waals surface area contributed by atoms with Gasteiger partial charge in [0.25, 0.3) is 0 Å². The van der Waals surface area contributed by atoms with Gasteiger partial charge in [-0.05, 0) is 37.9 Å². The molecule has 1 saturated carbocycles. The molecule has 1 N–H and O–H groups in total. The first-order chi connectivity index (χ1) is 7.74. The van der Waals surface area contributed by atoms with Crippen molar-refractivity contribution in [2.45, 2.75) is 25.7 Å². The molecular formula is C13H19N3. The number of H-pyrrole nitrogens is 1. The van der Waals surface area contributed by atoms with Crippen LogP contribution in [0.25, 0.3) is 0 Å². The van der Waals surface area contributed by atoms with Gasteiger partial charge in [-0.25, -0.2) is 0 Å². The molecule has 0 spiro atoms. The Bertz CT molecular complexity index is 357. The van der Waals surface area contributed by atoms with Crippen LogP contribution in [0.1, 0.15) is 24.8 Å². The van der Waals surface area contributed by atoms with Crippen LogP contribution >= 0.6 is 0 Å². The molecule has 0 bridgehead atoms. The summed E-state index contributed by atoms with van der Waals surface area (Å²) in [5.74, 6) is 0. The van der Waals surface area contributed by atoms with Crippen LogP contribution in [0.3, 0.4) is 0 Å². The minimum atomic E-state index is -0.0348. The second kappa shape index (κ2) is 4.71. The number of aromatic nitrogens is 1. The molecule has 3 heteroatoms. The van der Waals surface area contributed by atoms with Gasteiger partial charge in [0.1, 0.15) is 0 Å². The summed E-state index contributed by atoms with van der Waals surface area (Å²) < 4.78 is 0. The summed E-state index contributed by atoms with van der Waals surface area (Å²) in [4.78, 5) is 5.35. The SMILES string of the molecule is CN(CCc1cc[nH]c1)CC1(C#N)CCC1. The summed E-state index contributed by atoms with van der Waals surface area (Å²) in [6, 6.07) is 4.60. The maximum atomic E-state index is 9.16. The zero-order chi connectivity index (χ0) is 11.4. The summed E-state index contributed by atoms with van der Waals surface area (Å²) in [7, 11) is 2.12. The summed E-state index contributed by atoms with van der Waals surface area (Å²) in [6.45, 7) is 1.95. The lowest BCUT2D eigenvalue weighted by Gasteiger charge is -2.38. The minimum Gasteiger partial charge on any atom is -0.367 e. The van der Waals surface area contributed by atoms with Gasteiger partial charge in [0.2, 0.25) is 0 Å². The number of nitriles is 1. The molecule has 16 heavy (non-hydrogen) atoms. The summed E-state index contributed by atoms with van der Waals surface area (Å²) in [5.41, 5.74) is 1.30. The van der Waals surface area contributed by atoms with E-state index in [-0.39, 0.29) is 5.41 Å². The molecule has 0 atom stereocenters. The molecule has 3 nitrogen and oxygen atoms in total.